The Morgan fingerprint density at radius 2 is 1.92 bits per heavy atom. The summed E-state index contributed by atoms with van der Waals surface area (Å²) in [6, 6.07) is 8.98. The third-order valence-electron chi connectivity index (χ3n) is 4.32. The van der Waals surface area contributed by atoms with Gasteiger partial charge in [-0.15, -0.1) is 0 Å². The van der Waals surface area contributed by atoms with Crippen LogP contribution in [0.3, 0.4) is 0 Å². The number of hydrogen-bond acceptors (Lipinski definition) is 4. The SMILES string of the molecule is Cc1ccc(NC(=O)N2CCc3c(cccc3NS(C)(=O)=O)C2)c(C)n1. The smallest absolute Gasteiger partial charge is 0.320 e. The van der Waals surface area contributed by atoms with Crippen molar-refractivity contribution in [2.24, 2.45) is 0 Å². The first-order chi connectivity index (χ1) is 12.2. The van der Waals surface area contributed by atoms with Gasteiger partial charge >= 0.3 is 6.03 Å². The van der Waals surface area contributed by atoms with Crippen LogP contribution in [0.5, 0.6) is 0 Å². The summed E-state index contributed by atoms with van der Waals surface area (Å²) in [7, 11) is -3.34. The lowest BCUT2D eigenvalue weighted by molar-refractivity contribution is 0.206. The molecule has 7 nitrogen and oxygen atoms in total. The number of aromatic nitrogens is 1. The molecule has 0 saturated carbocycles. The molecule has 0 spiro atoms. The topological polar surface area (TPSA) is 91.4 Å². The van der Waals surface area contributed by atoms with Gasteiger partial charge < -0.3 is 10.2 Å². The van der Waals surface area contributed by atoms with Gasteiger partial charge in [-0.3, -0.25) is 9.71 Å². The monoisotopic (exact) mass is 374 g/mol. The van der Waals surface area contributed by atoms with Gasteiger partial charge in [0.15, 0.2) is 0 Å². The lowest BCUT2D eigenvalue weighted by atomic mass is 9.98. The van der Waals surface area contributed by atoms with Crippen molar-refractivity contribution in [3.8, 4) is 0 Å². The molecule has 0 fully saturated rings. The maximum atomic E-state index is 12.6. The largest absolute Gasteiger partial charge is 0.322 e. The fraction of sp³-hybridized carbons (Fsp3) is 0.333. The number of carbonyl (C=O) groups is 1. The summed E-state index contributed by atoms with van der Waals surface area (Å²) in [5.74, 6) is 0. The van der Waals surface area contributed by atoms with Crippen LogP contribution < -0.4 is 10.0 Å². The van der Waals surface area contributed by atoms with E-state index in [9.17, 15) is 13.2 Å². The molecule has 1 aromatic heterocycles. The van der Waals surface area contributed by atoms with E-state index < -0.39 is 10.0 Å². The highest BCUT2D eigenvalue weighted by molar-refractivity contribution is 7.92. The zero-order valence-corrected chi connectivity index (χ0v) is 15.9. The van der Waals surface area contributed by atoms with Gasteiger partial charge in [0.2, 0.25) is 10.0 Å². The van der Waals surface area contributed by atoms with Gasteiger partial charge in [-0.25, -0.2) is 13.2 Å². The number of nitrogens with zero attached hydrogens (tertiary/aromatic N) is 2. The van der Waals surface area contributed by atoms with Crippen LogP contribution in [0.25, 0.3) is 0 Å². The van der Waals surface area contributed by atoms with Crippen molar-refractivity contribution in [3.63, 3.8) is 0 Å². The Hall–Kier alpha value is -2.61. The van der Waals surface area contributed by atoms with E-state index in [-0.39, 0.29) is 6.03 Å². The Labute approximate surface area is 153 Å². The molecule has 2 N–H and O–H groups in total. The maximum Gasteiger partial charge on any atom is 0.322 e. The van der Waals surface area contributed by atoms with Crippen molar-refractivity contribution >= 4 is 27.4 Å². The van der Waals surface area contributed by atoms with Gasteiger partial charge in [-0.1, -0.05) is 12.1 Å². The number of aryl methyl sites for hydroxylation is 2. The van der Waals surface area contributed by atoms with Crippen molar-refractivity contribution in [2.45, 2.75) is 26.8 Å². The van der Waals surface area contributed by atoms with E-state index in [0.29, 0.717) is 30.9 Å². The first-order valence-electron chi connectivity index (χ1n) is 8.31. The van der Waals surface area contributed by atoms with Crippen molar-refractivity contribution in [1.82, 2.24) is 9.88 Å². The summed E-state index contributed by atoms with van der Waals surface area (Å²) in [5, 5.41) is 2.90. The third-order valence-corrected chi connectivity index (χ3v) is 4.91. The minimum atomic E-state index is -3.34. The first kappa shape index (κ1) is 18.2. The highest BCUT2D eigenvalue weighted by Gasteiger charge is 2.23. The summed E-state index contributed by atoms with van der Waals surface area (Å²) in [6.07, 6.45) is 1.72. The fourth-order valence-electron chi connectivity index (χ4n) is 3.09. The second-order valence-electron chi connectivity index (χ2n) is 6.50. The number of urea groups is 1. The van der Waals surface area contributed by atoms with Crippen LogP contribution >= 0.6 is 0 Å². The number of hydrogen-bond donors (Lipinski definition) is 2. The Morgan fingerprint density at radius 1 is 1.15 bits per heavy atom. The highest BCUT2D eigenvalue weighted by Crippen LogP contribution is 2.27. The summed E-state index contributed by atoms with van der Waals surface area (Å²) < 4.78 is 25.6. The number of rotatable bonds is 3. The summed E-state index contributed by atoms with van der Waals surface area (Å²) in [4.78, 5) is 18.7. The molecule has 0 bridgehead atoms. The predicted octanol–water partition coefficient (Wildman–Crippen LogP) is 2.66. The first-order valence-corrected chi connectivity index (χ1v) is 10.2. The minimum Gasteiger partial charge on any atom is -0.320 e. The van der Waals surface area contributed by atoms with Gasteiger partial charge in [0.25, 0.3) is 0 Å². The van der Waals surface area contributed by atoms with E-state index >= 15 is 0 Å². The molecule has 1 aliphatic rings. The molecular weight excluding hydrogens is 352 g/mol. The number of anilines is 2. The molecular formula is C18H22N4O3S. The minimum absolute atomic E-state index is 0.189. The number of amides is 2. The van der Waals surface area contributed by atoms with E-state index in [2.05, 4.69) is 15.0 Å². The maximum absolute atomic E-state index is 12.6. The molecule has 1 aromatic carbocycles. The van der Waals surface area contributed by atoms with E-state index in [4.69, 9.17) is 0 Å². The predicted molar refractivity (Wildman–Crippen MR) is 102 cm³/mol. The molecule has 1 aliphatic heterocycles. The molecule has 3 rings (SSSR count). The highest BCUT2D eigenvalue weighted by atomic mass is 32.2. The number of pyridine rings is 1. The lowest BCUT2D eigenvalue weighted by Gasteiger charge is -2.30. The standard InChI is InChI=1S/C18H22N4O3S/c1-12-7-8-16(13(2)19-12)20-18(23)22-10-9-15-14(11-22)5-4-6-17(15)21-26(3,24)25/h4-8,21H,9-11H2,1-3H3,(H,20,23). The second-order valence-corrected chi connectivity index (χ2v) is 8.25. The van der Waals surface area contributed by atoms with Crippen LogP contribution in [0.2, 0.25) is 0 Å². The number of benzene rings is 1. The van der Waals surface area contributed by atoms with Crippen LogP contribution in [0.1, 0.15) is 22.5 Å². The summed E-state index contributed by atoms with van der Waals surface area (Å²) in [6.45, 7) is 4.71. The Balaban J connectivity index is 1.76. The lowest BCUT2D eigenvalue weighted by Crippen LogP contribution is -2.39. The van der Waals surface area contributed by atoms with E-state index in [0.717, 1.165) is 28.8 Å². The molecule has 8 heteroatoms. The zero-order chi connectivity index (χ0) is 18.9. The van der Waals surface area contributed by atoms with Gasteiger partial charge in [-0.05, 0) is 49.6 Å². The molecule has 2 amide bonds. The average Bonchev–Trinajstić information content (AvgIpc) is 2.56. The van der Waals surface area contributed by atoms with E-state index in [1.54, 1.807) is 17.0 Å². The summed E-state index contributed by atoms with van der Waals surface area (Å²) in [5.41, 5.74) is 4.84. The number of carbonyl (C=O) groups excluding carboxylic acids is 1. The van der Waals surface area contributed by atoms with Gasteiger partial charge in [0.1, 0.15) is 0 Å². The summed E-state index contributed by atoms with van der Waals surface area (Å²) >= 11 is 0. The molecule has 0 radical (unpaired) electrons. The van der Waals surface area contributed by atoms with Crippen LogP contribution in [0, 0.1) is 13.8 Å². The van der Waals surface area contributed by atoms with Gasteiger partial charge in [0, 0.05) is 18.8 Å². The number of sulfonamides is 1. The second kappa shape index (κ2) is 6.95. The van der Waals surface area contributed by atoms with Crippen molar-refractivity contribution < 1.29 is 13.2 Å². The Morgan fingerprint density at radius 3 is 2.62 bits per heavy atom. The van der Waals surface area contributed by atoms with E-state index in [1.165, 1.54) is 0 Å². The molecule has 2 aromatic rings. The normalized spacial score (nSPS) is 13.9. The average molecular weight is 374 g/mol. The quantitative estimate of drug-likeness (QED) is 0.864. The van der Waals surface area contributed by atoms with E-state index in [1.807, 2.05) is 32.0 Å². The zero-order valence-electron chi connectivity index (χ0n) is 15.0. The van der Waals surface area contributed by atoms with Gasteiger partial charge in [0.05, 0.1) is 23.3 Å². The van der Waals surface area contributed by atoms with Crippen molar-refractivity contribution in [1.29, 1.82) is 0 Å². The molecule has 138 valence electrons. The van der Waals surface area contributed by atoms with Crippen molar-refractivity contribution in [2.75, 3.05) is 22.8 Å². The van der Waals surface area contributed by atoms with Crippen LogP contribution in [0.4, 0.5) is 16.2 Å². The number of nitrogens with one attached hydrogen (secondary N) is 2. The Kier molecular flexibility index (Phi) is 4.86. The molecule has 2 heterocycles. The molecule has 0 unspecified atom stereocenters. The third kappa shape index (κ3) is 4.13. The molecule has 0 atom stereocenters. The Bertz CT molecular complexity index is 957. The van der Waals surface area contributed by atoms with Crippen LogP contribution in [-0.4, -0.2) is 37.1 Å². The molecule has 0 aliphatic carbocycles. The molecule has 0 saturated heterocycles. The van der Waals surface area contributed by atoms with Crippen LogP contribution in [-0.2, 0) is 23.0 Å². The van der Waals surface area contributed by atoms with Crippen LogP contribution in [0.15, 0.2) is 30.3 Å². The van der Waals surface area contributed by atoms with Crippen molar-refractivity contribution in [3.05, 3.63) is 52.8 Å². The number of fused-ring (bicyclic) bond motifs is 1. The van der Waals surface area contributed by atoms with Gasteiger partial charge in [-0.2, -0.15) is 0 Å². The fourth-order valence-corrected chi connectivity index (χ4v) is 3.68. The molecule has 26 heavy (non-hydrogen) atoms.